The van der Waals surface area contributed by atoms with Gasteiger partial charge in [0.25, 0.3) is 0 Å². The lowest BCUT2D eigenvalue weighted by atomic mass is 9.78. The molecule has 1 aromatic heterocycles. The summed E-state index contributed by atoms with van der Waals surface area (Å²) in [6.45, 7) is 0.390. The third kappa shape index (κ3) is 4.64. The number of ketones is 1. The number of rotatable bonds is 8. The van der Waals surface area contributed by atoms with Gasteiger partial charge in [-0.2, -0.15) is 10.1 Å². The second-order valence-electron chi connectivity index (χ2n) is 9.78. The molecule has 2 atom stereocenters. The van der Waals surface area contributed by atoms with Gasteiger partial charge in [-0.3, -0.25) is 4.79 Å². The number of Topliss-reactive ketones (excluding diaryl/α,β-unsaturated/α-hetero) is 1. The molecule has 204 valence electrons. The smallest absolute Gasteiger partial charge is 0.226 e. The van der Waals surface area contributed by atoms with Gasteiger partial charge in [-0.05, 0) is 53.3 Å². The van der Waals surface area contributed by atoms with Crippen LogP contribution in [0.1, 0.15) is 41.5 Å². The Balaban J connectivity index is 1.36. The summed E-state index contributed by atoms with van der Waals surface area (Å²) in [6, 6.07) is 21.1. The molecular weight excluding hydrogens is 508 g/mol. The first-order valence-corrected chi connectivity index (χ1v) is 13.1. The highest BCUT2D eigenvalue weighted by Gasteiger charge is 2.39. The number of ether oxygens (including phenoxy) is 4. The summed E-state index contributed by atoms with van der Waals surface area (Å²) >= 11 is 0. The van der Waals surface area contributed by atoms with E-state index >= 15 is 0 Å². The number of methoxy groups -OCH3 is 3. The molecule has 9 nitrogen and oxygen atoms in total. The number of nitrogens with zero attached hydrogens (tertiary/aromatic N) is 3. The molecule has 0 radical (unpaired) electrons. The van der Waals surface area contributed by atoms with E-state index in [1.165, 1.54) is 6.33 Å². The summed E-state index contributed by atoms with van der Waals surface area (Å²) in [4.78, 5) is 18.3. The van der Waals surface area contributed by atoms with E-state index in [1.54, 1.807) is 26.0 Å². The molecule has 0 fully saturated rings. The van der Waals surface area contributed by atoms with Crippen LogP contribution in [-0.2, 0) is 11.4 Å². The van der Waals surface area contributed by atoms with E-state index < -0.39 is 6.04 Å². The standard InChI is InChI=1S/C31H30N4O5/c1-37-25-11-9-20(15-27(25)39-3)22-13-23-29(24(36)14-22)30(35-31(34-23)32-18-33-35)21-10-12-26(38-2)28(16-21)40-17-19-7-5-4-6-8-19/h4-12,15-16,18,22,30H,13-14,17H2,1-3H3,(H,32,33,34)/t22-,30-/m1/s1. The fraction of sp³-hybridized carbons (Fsp3) is 0.258. The summed E-state index contributed by atoms with van der Waals surface area (Å²) in [5.74, 6) is 3.14. The number of hydrogen-bond acceptors (Lipinski definition) is 8. The highest BCUT2D eigenvalue weighted by Crippen LogP contribution is 2.46. The summed E-state index contributed by atoms with van der Waals surface area (Å²) < 4.78 is 24.4. The maximum Gasteiger partial charge on any atom is 0.226 e. The van der Waals surface area contributed by atoms with Gasteiger partial charge < -0.3 is 24.3 Å². The molecule has 0 unspecified atom stereocenters. The van der Waals surface area contributed by atoms with Crippen molar-refractivity contribution >= 4 is 11.7 Å². The number of anilines is 1. The van der Waals surface area contributed by atoms with Crippen LogP contribution in [0.25, 0.3) is 0 Å². The Bertz CT molecular complexity index is 1580. The van der Waals surface area contributed by atoms with Gasteiger partial charge in [0.15, 0.2) is 28.8 Å². The first kappa shape index (κ1) is 25.5. The van der Waals surface area contributed by atoms with Crippen molar-refractivity contribution in [3.05, 3.63) is 101 Å². The minimum Gasteiger partial charge on any atom is -0.493 e. The van der Waals surface area contributed by atoms with E-state index in [9.17, 15) is 4.79 Å². The number of nitrogens with one attached hydrogen (secondary N) is 1. The maximum absolute atomic E-state index is 13.9. The van der Waals surface area contributed by atoms with Gasteiger partial charge in [0.05, 0.1) is 21.3 Å². The van der Waals surface area contributed by atoms with Gasteiger partial charge in [-0.25, -0.2) is 4.68 Å². The first-order valence-electron chi connectivity index (χ1n) is 13.1. The molecule has 0 spiro atoms. The number of aromatic nitrogens is 3. The van der Waals surface area contributed by atoms with Crippen molar-refractivity contribution in [2.45, 2.75) is 31.4 Å². The summed E-state index contributed by atoms with van der Waals surface area (Å²) in [5.41, 5.74) is 4.47. The van der Waals surface area contributed by atoms with Crippen molar-refractivity contribution in [3.63, 3.8) is 0 Å². The molecule has 1 aliphatic carbocycles. The summed E-state index contributed by atoms with van der Waals surface area (Å²) in [7, 11) is 4.84. The highest BCUT2D eigenvalue weighted by molar-refractivity contribution is 6.00. The van der Waals surface area contributed by atoms with Gasteiger partial charge >= 0.3 is 0 Å². The lowest BCUT2D eigenvalue weighted by Gasteiger charge is -2.35. The van der Waals surface area contributed by atoms with E-state index in [4.69, 9.17) is 18.9 Å². The minimum absolute atomic E-state index is 0.0192. The minimum atomic E-state index is -0.447. The van der Waals surface area contributed by atoms with E-state index in [2.05, 4.69) is 15.4 Å². The Labute approximate surface area is 232 Å². The molecule has 1 N–H and O–H groups in total. The topological polar surface area (TPSA) is 96.7 Å². The fourth-order valence-corrected chi connectivity index (χ4v) is 5.51. The number of hydrogen-bond donors (Lipinski definition) is 1. The molecule has 0 saturated heterocycles. The van der Waals surface area contributed by atoms with E-state index in [-0.39, 0.29) is 11.7 Å². The zero-order valence-corrected chi connectivity index (χ0v) is 22.6. The Morgan fingerprint density at radius 3 is 2.30 bits per heavy atom. The predicted octanol–water partition coefficient (Wildman–Crippen LogP) is 5.30. The molecule has 4 aromatic rings. The second-order valence-corrected chi connectivity index (χ2v) is 9.78. The van der Waals surface area contributed by atoms with E-state index in [1.807, 2.05) is 66.7 Å². The maximum atomic E-state index is 13.9. The largest absolute Gasteiger partial charge is 0.493 e. The molecule has 2 heterocycles. The molecule has 0 bridgehead atoms. The van der Waals surface area contributed by atoms with Crippen molar-refractivity contribution in [2.75, 3.05) is 26.6 Å². The van der Waals surface area contributed by atoms with Crippen molar-refractivity contribution in [1.29, 1.82) is 0 Å². The zero-order chi connectivity index (χ0) is 27.6. The van der Waals surface area contributed by atoms with Crippen LogP contribution in [0.5, 0.6) is 23.0 Å². The molecule has 3 aromatic carbocycles. The van der Waals surface area contributed by atoms with Gasteiger partial charge in [0.1, 0.15) is 19.0 Å². The number of benzene rings is 3. The third-order valence-corrected chi connectivity index (χ3v) is 7.48. The van der Waals surface area contributed by atoms with Gasteiger partial charge in [0.2, 0.25) is 5.95 Å². The zero-order valence-electron chi connectivity index (χ0n) is 22.6. The molecule has 1 aliphatic heterocycles. The number of carbonyl (C=O) groups is 1. The van der Waals surface area contributed by atoms with Crippen LogP contribution in [0.3, 0.4) is 0 Å². The van der Waals surface area contributed by atoms with Crippen LogP contribution < -0.4 is 24.3 Å². The van der Waals surface area contributed by atoms with Crippen LogP contribution in [0, 0.1) is 0 Å². The first-order chi connectivity index (χ1) is 19.6. The van der Waals surface area contributed by atoms with Crippen molar-refractivity contribution in [1.82, 2.24) is 14.8 Å². The average Bonchev–Trinajstić information content (AvgIpc) is 3.47. The molecule has 0 saturated carbocycles. The molecule has 0 amide bonds. The molecule has 6 rings (SSSR count). The third-order valence-electron chi connectivity index (χ3n) is 7.48. The summed E-state index contributed by atoms with van der Waals surface area (Å²) in [5, 5.41) is 7.86. The average molecular weight is 539 g/mol. The normalized spacial score (nSPS) is 17.9. The fourth-order valence-electron chi connectivity index (χ4n) is 5.51. The monoisotopic (exact) mass is 538 g/mol. The molecule has 2 aliphatic rings. The van der Waals surface area contributed by atoms with Crippen LogP contribution in [0.15, 0.2) is 84.3 Å². The number of carbonyl (C=O) groups excluding carboxylic acids is 1. The molecular formula is C31H30N4O5. The quantitative estimate of drug-likeness (QED) is 0.323. The second kappa shape index (κ2) is 10.8. The lowest BCUT2D eigenvalue weighted by Crippen LogP contribution is -2.33. The number of allylic oxidation sites excluding steroid dienone is 2. The van der Waals surface area contributed by atoms with E-state index in [0.717, 1.165) is 22.4 Å². The van der Waals surface area contributed by atoms with Crippen LogP contribution >= 0.6 is 0 Å². The SMILES string of the molecule is COc1ccc([C@H]2CC(=O)C3=C(C2)Nc2ncnn2[C@@H]3c2ccc(OC)c(OCc3ccccc3)c2)cc1OC. The van der Waals surface area contributed by atoms with E-state index in [0.29, 0.717) is 54.0 Å². The molecule has 9 heteroatoms. The highest BCUT2D eigenvalue weighted by atomic mass is 16.5. The lowest BCUT2D eigenvalue weighted by molar-refractivity contribution is -0.116. The van der Waals surface area contributed by atoms with Crippen LogP contribution in [0.4, 0.5) is 5.95 Å². The van der Waals surface area contributed by atoms with Gasteiger partial charge in [-0.1, -0.05) is 42.5 Å². The number of fused-ring (bicyclic) bond motifs is 1. The molecule has 40 heavy (non-hydrogen) atoms. The van der Waals surface area contributed by atoms with Gasteiger partial charge in [0, 0.05) is 17.7 Å². The van der Waals surface area contributed by atoms with Crippen molar-refractivity contribution in [2.24, 2.45) is 0 Å². The van der Waals surface area contributed by atoms with Crippen LogP contribution in [-0.4, -0.2) is 41.9 Å². The van der Waals surface area contributed by atoms with Gasteiger partial charge in [-0.15, -0.1) is 0 Å². The Morgan fingerprint density at radius 1 is 0.850 bits per heavy atom. The Kier molecular flexibility index (Phi) is 6.86. The Morgan fingerprint density at radius 2 is 1.55 bits per heavy atom. The predicted molar refractivity (Wildman–Crippen MR) is 149 cm³/mol. The van der Waals surface area contributed by atoms with Crippen molar-refractivity contribution < 1.29 is 23.7 Å². The Hall–Kier alpha value is -4.79. The summed E-state index contributed by atoms with van der Waals surface area (Å²) in [6.07, 6.45) is 2.51. The van der Waals surface area contributed by atoms with Crippen LogP contribution in [0.2, 0.25) is 0 Å². The van der Waals surface area contributed by atoms with Crippen molar-refractivity contribution in [3.8, 4) is 23.0 Å².